The highest BCUT2D eigenvalue weighted by atomic mass is 16.5. The number of carbonyl (C=O) groups is 2. The van der Waals surface area contributed by atoms with Crippen LogP contribution in [0, 0.1) is 0 Å². The Bertz CT molecular complexity index is 430. The molecule has 0 saturated heterocycles. The van der Waals surface area contributed by atoms with E-state index in [0.717, 1.165) is 0 Å². The highest BCUT2D eigenvalue weighted by Crippen LogP contribution is 2.27. The fraction of sp³-hybridized carbons (Fsp3) is 0.333. The van der Waals surface area contributed by atoms with Crippen LogP contribution in [0.4, 0.5) is 11.4 Å². The van der Waals surface area contributed by atoms with E-state index >= 15 is 0 Å². The van der Waals surface area contributed by atoms with Crippen LogP contribution < -0.4 is 15.4 Å². The van der Waals surface area contributed by atoms with Gasteiger partial charge in [-0.15, -0.1) is 0 Å². The van der Waals surface area contributed by atoms with Crippen LogP contribution >= 0.6 is 0 Å². The monoisotopic (exact) mass is 236 g/mol. The van der Waals surface area contributed by atoms with Gasteiger partial charge in [0.2, 0.25) is 11.8 Å². The molecule has 1 aromatic rings. The van der Waals surface area contributed by atoms with Crippen LogP contribution in [-0.4, -0.2) is 18.9 Å². The van der Waals surface area contributed by atoms with Crippen molar-refractivity contribution in [1.82, 2.24) is 0 Å². The van der Waals surface area contributed by atoms with Crippen LogP contribution in [0.1, 0.15) is 20.3 Å². The molecule has 0 heterocycles. The lowest BCUT2D eigenvalue weighted by Crippen LogP contribution is -2.11. The Labute approximate surface area is 100 Å². The Morgan fingerprint density at radius 1 is 1.29 bits per heavy atom. The molecule has 0 aliphatic carbocycles. The van der Waals surface area contributed by atoms with Gasteiger partial charge in [0.05, 0.1) is 12.8 Å². The molecule has 0 atom stereocenters. The van der Waals surface area contributed by atoms with E-state index in [2.05, 4.69) is 10.6 Å². The van der Waals surface area contributed by atoms with Crippen molar-refractivity contribution in [3.8, 4) is 5.75 Å². The first-order valence-electron chi connectivity index (χ1n) is 5.32. The summed E-state index contributed by atoms with van der Waals surface area (Å²) in [7, 11) is 1.52. The molecule has 2 amide bonds. The number of carbonyl (C=O) groups excluding carboxylic acids is 2. The van der Waals surface area contributed by atoms with Gasteiger partial charge in [-0.25, -0.2) is 0 Å². The molecule has 2 N–H and O–H groups in total. The predicted molar refractivity (Wildman–Crippen MR) is 66.2 cm³/mol. The van der Waals surface area contributed by atoms with Crippen LogP contribution in [0.25, 0.3) is 0 Å². The van der Waals surface area contributed by atoms with Gasteiger partial charge in [0.15, 0.2) is 0 Å². The number of rotatable bonds is 4. The number of ether oxygens (including phenoxy) is 1. The van der Waals surface area contributed by atoms with Gasteiger partial charge in [0, 0.05) is 19.0 Å². The molecule has 1 rings (SSSR count). The molecule has 92 valence electrons. The van der Waals surface area contributed by atoms with E-state index in [-0.39, 0.29) is 11.8 Å². The fourth-order valence-electron chi connectivity index (χ4n) is 1.32. The van der Waals surface area contributed by atoms with Gasteiger partial charge in [0.25, 0.3) is 0 Å². The Morgan fingerprint density at radius 3 is 2.53 bits per heavy atom. The van der Waals surface area contributed by atoms with Gasteiger partial charge in [-0.05, 0) is 18.2 Å². The van der Waals surface area contributed by atoms with Gasteiger partial charge in [0.1, 0.15) is 5.75 Å². The largest absolute Gasteiger partial charge is 0.495 e. The average molecular weight is 236 g/mol. The summed E-state index contributed by atoms with van der Waals surface area (Å²) in [4.78, 5) is 22.3. The topological polar surface area (TPSA) is 67.4 Å². The van der Waals surface area contributed by atoms with Gasteiger partial charge in [-0.3, -0.25) is 9.59 Å². The molecule has 1 aromatic carbocycles. The van der Waals surface area contributed by atoms with Crippen molar-refractivity contribution in [2.45, 2.75) is 20.3 Å². The maximum atomic E-state index is 11.2. The first-order chi connectivity index (χ1) is 8.06. The molecule has 0 radical (unpaired) electrons. The van der Waals surface area contributed by atoms with E-state index in [9.17, 15) is 9.59 Å². The van der Waals surface area contributed by atoms with Crippen molar-refractivity contribution in [3.05, 3.63) is 18.2 Å². The molecule has 0 fully saturated rings. The van der Waals surface area contributed by atoms with Gasteiger partial charge in [-0.1, -0.05) is 6.92 Å². The third-order valence-corrected chi connectivity index (χ3v) is 2.12. The lowest BCUT2D eigenvalue weighted by molar-refractivity contribution is -0.116. The van der Waals surface area contributed by atoms with Gasteiger partial charge < -0.3 is 15.4 Å². The molecular formula is C12H16N2O3. The summed E-state index contributed by atoms with van der Waals surface area (Å²) in [6, 6.07) is 5.07. The number of hydrogen-bond donors (Lipinski definition) is 2. The molecule has 0 bridgehead atoms. The Morgan fingerprint density at radius 2 is 2.00 bits per heavy atom. The Balaban J connectivity index is 2.95. The number of anilines is 2. The van der Waals surface area contributed by atoms with E-state index in [0.29, 0.717) is 23.5 Å². The van der Waals surface area contributed by atoms with E-state index in [1.54, 1.807) is 25.1 Å². The molecule has 5 heteroatoms. The first kappa shape index (κ1) is 13.0. The standard InChI is InChI=1S/C12H16N2O3/c1-4-12(16)14-9-5-6-11(17-3)10(7-9)13-8(2)15/h5-7H,4H2,1-3H3,(H,13,15)(H,14,16). The van der Waals surface area contributed by atoms with Crippen molar-refractivity contribution in [3.63, 3.8) is 0 Å². The van der Waals surface area contributed by atoms with Crippen LogP contribution in [0.2, 0.25) is 0 Å². The zero-order chi connectivity index (χ0) is 12.8. The van der Waals surface area contributed by atoms with Crippen LogP contribution in [0.5, 0.6) is 5.75 Å². The Kier molecular flexibility index (Phi) is 4.51. The minimum atomic E-state index is -0.192. The van der Waals surface area contributed by atoms with Crippen molar-refractivity contribution in [2.24, 2.45) is 0 Å². The molecular weight excluding hydrogens is 220 g/mol. The molecule has 0 spiro atoms. The van der Waals surface area contributed by atoms with Crippen LogP contribution in [0.3, 0.4) is 0 Å². The minimum Gasteiger partial charge on any atom is -0.495 e. The smallest absolute Gasteiger partial charge is 0.224 e. The zero-order valence-electron chi connectivity index (χ0n) is 10.2. The number of nitrogens with one attached hydrogen (secondary N) is 2. The van der Waals surface area contributed by atoms with E-state index < -0.39 is 0 Å². The number of methoxy groups -OCH3 is 1. The van der Waals surface area contributed by atoms with E-state index in [1.165, 1.54) is 14.0 Å². The minimum absolute atomic E-state index is 0.0797. The maximum absolute atomic E-state index is 11.2. The van der Waals surface area contributed by atoms with Crippen LogP contribution in [-0.2, 0) is 9.59 Å². The summed E-state index contributed by atoms with van der Waals surface area (Å²) in [5.74, 6) is 0.279. The first-order valence-corrected chi connectivity index (χ1v) is 5.32. The predicted octanol–water partition coefficient (Wildman–Crippen LogP) is 2.00. The summed E-state index contributed by atoms with van der Waals surface area (Å²) >= 11 is 0. The third-order valence-electron chi connectivity index (χ3n) is 2.12. The van der Waals surface area contributed by atoms with Crippen molar-refractivity contribution >= 4 is 23.2 Å². The summed E-state index contributed by atoms with van der Waals surface area (Å²) in [5, 5.41) is 5.35. The van der Waals surface area contributed by atoms with E-state index in [4.69, 9.17) is 4.74 Å². The molecule has 0 aliphatic heterocycles. The van der Waals surface area contributed by atoms with Gasteiger partial charge >= 0.3 is 0 Å². The summed E-state index contributed by atoms with van der Waals surface area (Å²) in [6.07, 6.45) is 0.404. The molecule has 0 saturated carbocycles. The molecule has 5 nitrogen and oxygen atoms in total. The van der Waals surface area contributed by atoms with Crippen molar-refractivity contribution < 1.29 is 14.3 Å². The lowest BCUT2D eigenvalue weighted by Gasteiger charge is -2.11. The van der Waals surface area contributed by atoms with Crippen LogP contribution in [0.15, 0.2) is 18.2 Å². The highest BCUT2D eigenvalue weighted by molar-refractivity contribution is 5.94. The summed E-state index contributed by atoms with van der Waals surface area (Å²) in [5.41, 5.74) is 1.16. The number of benzene rings is 1. The Hall–Kier alpha value is -2.04. The second-order valence-corrected chi connectivity index (χ2v) is 3.50. The highest BCUT2D eigenvalue weighted by Gasteiger charge is 2.07. The van der Waals surface area contributed by atoms with Crippen molar-refractivity contribution in [2.75, 3.05) is 17.7 Å². The summed E-state index contributed by atoms with van der Waals surface area (Å²) in [6.45, 7) is 3.18. The average Bonchev–Trinajstić information content (AvgIpc) is 2.28. The fourth-order valence-corrected chi connectivity index (χ4v) is 1.32. The second-order valence-electron chi connectivity index (χ2n) is 3.50. The molecule has 0 unspecified atom stereocenters. The third kappa shape index (κ3) is 3.79. The van der Waals surface area contributed by atoms with Gasteiger partial charge in [-0.2, -0.15) is 0 Å². The van der Waals surface area contributed by atoms with E-state index in [1.807, 2.05) is 0 Å². The molecule has 0 aromatic heterocycles. The second kappa shape index (κ2) is 5.89. The molecule has 17 heavy (non-hydrogen) atoms. The number of amides is 2. The zero-order valence-corrected chi connectivity index (χ0v) is 10.2. The summed E-state index contributed by atoms with van der Waals surface area (Å²) < 4.78 is 5.11. The lowest BCUT2D eigenvalue weighted by atomic mass is 10.2. The quantitative estimate of drug-likeness (QED) is 0.840. The molecule has 0 aliphatic rings. The normalized spacial score (nSPS) is 9.59. The SMILES string of the molecule is CCC(=O)Nc1ccc(OC)c(NC(C)=O)c1. The maximum Gasteiger partial charge on any atom is 0.224 e. The number of hydrogen-bond acceptors (Lipinski definition) is 3. The van der Waals surface area contributed by atoms with Crippen molar-refractivity contribution in [1.29, 1.82) is 0 Å².